The lowest BCUT2D eigenvalue weighted by molar-refractivity contribution is 0.754. The number of nitrogens with two attached hydrogens (primary N) is 1. The average molecular weight is 162 g/mol. The number of hydrogen-bond acceptors (Lipinski definition) is 1. The molecule has 1 rings (SSSR count). The number of nitrogens with one attached hydrogen (secondary N) is 1. The van der Waals surface area contributed by atoms with E-state index in [-0.39, 0.29) is 11.8 Å². The Balaban J connectivity index is 2.58. The molecule has 1 aromatic carbocycles. The van der Waals surface area contributed by atoms with Crippen molar-refractivity contribution in [1.29, 1.82) is 5.41 Å². The molecular weight excluding hydrogens is 148 g/mol. The van der Waals surface area contributed by atoms with Crippen LogP contribution >= 0.6 is 0 Å². The van der Waals surface area contributed by atoms with E-state index in [1.165, 1.54) is 5.56 Å². The first-order valence-corrected chi connectivity index (χ1v) is 4.08. The summed E-state index contributed by atoms with van der Waals surface area (Å²) in [6.45, 7) is 1.97. The lowest BCUT2D eigenvalue weighted by Gasteiger charge is -2.08. The van der Waals surface area contributed by atoms with Crippen molar-refractivity contribution in [3.63, 3.8) is 0 Å². The lowest BCUT2D eigenvalue weighted by atomic mass is 10.0. The van der Waals surface area contributed by atoms with Gasteiger partial charge in [0.2, 0.25) is 0 Å². The summed E-state index contributed by atoms with van der Waals surface area (Å²) >= 11 is 0. The molecule has 2 heteroatoms. The van der Waals surface area contributed by atoms with Crippen LogP contribution in [-0.2, 0) is 6.42 Å². The van der Waals surface area contributed by atoms with Crippen LogP contribution in [0.5, 0.6) is 0 Å². The molecule has 0 aliphatic heterocycles. The van der Waals surface area contributed by atoms with Crippen LogP contribution < -0.4 is 5.73 Å². The molecule has 0 saturated heterocycles. The van der Waals surface area contributed by atoms with Crippen molar-refractivity contribution in [3.8, 4) is 0 Å². The maximum Gasteiger partial charge on any atom is 0.0937 e. The molecular formula is C10H14N2. The Morgan fingerprint density at radius 2 is 2.00 bits per heavy atom. The summed E-state index contributed by atoms with van der Waals surface area (Å²) in [5, 5.41) is 7.23. The first-order chi connectivity index (χ1) is 5.70. The fraction of sp³-hybridized carbons (Fsp3) is 0.300. The molecule has 1 unspecified atom stereocenters. The van der Waals surface area contributed by atoms with E-state index in [4.69, 9.17) is 11.1 Å². The highest BCUT2D eigenvalue weighted by atomic mass is 14.7. The Kier molecular flexibility index (Phi) is 2.86. The fourth-order valence-corrected chi connectivity index (χ4v) is 1.08. The Morgan fingerprint density at radius 3 is 2.50 bits per heavy atom. The van der Waals surface area contributed by atoms with E-state index < -0.39 is 0 Å². The van der Waals surface area contributed by atoms with Gasteiger partial charge in [-0.05, 0) is 12.0 Å². The van der Waals surface area contributed by atoms with E-state index in [1.807, 2.05) is 25.1 Å². The van der Waals surface area contributed by atoms with E-state index in [0.717, 1.165) is 6.42 Å². The van der Waals surface area contributed by atoms with Crippen LogP contribution in [-0.4, -0.2) is 5.84 Å². The van der Waals surface area contributed by atoms with Crippen molar-refractivity contribution >= 4 is 5.84 Å². The summed E-state index contributed by atoms with van der Waals surface area (Å²) in [5.74, 6) is 0.409. The van der Waals surface area contributed by atoms with Crippen LogP contribution in [0.2, 0.25) is 0 Å². The Bertz CT molecular complexity index is 254. The smallest absolute Gasteiger partial charge is 0.0937 e. The van der Waals surface area contributed by atoms with Gasteiger partial charge in [0.05, 0.1) is 5.84 Å². The highest BCUT2D eigenvalue weighted by Crippen LogP contribution is 2.06. The van der Waals surface area contributed by atoms with Crippen LogP contribution in [0.1, 0.15) is 12.5 Å². The summed E-state index contributed by atoms with van der Waals surface area (Å²) in [5.41, 5.74) is 6.60. The maximum absolute atomic E-state index is 7.23. The lowest BCUT2D eigenvalue weighted by Crippen LogP contribution is -2.21. The van der Waals surface area contributed by atoms with Crippen molar-refractivity contribution < 1.29 is 0 Å². The SMILES string of the molecule is CC(Cc1ccccc1)C(=N)N. The number of amidine groups is 1. The van der Waals surface area contributed by atoms with Crippen LogP contribution in [0.4, 0.5) is 0 Å². The zero-order chi connectivity index (χ0) is 8.97. The van der Waals surface area contributed by atoms with Gasteiger partial charge in [-0.25, -0.2) is 0 Å². The molecule has 0 bridgehead atoms. The molecule has 1 aromatic rings. The molecule has 12 heavy (non-hydrogen) atoms. The largest absolute Gasteiger partial charge is 0.387 e. The second-order valence-electron chi connectivity index (χ2n) is 3.05. The van der Waals surface area contributed by atoms with Gasteiger partial charge < -0.3 is 5.73 Å². The minimum absolute atomic E-state index is 0.146. The van der Waals surface area contributed by atoms with Gasteiger partial charge in [0.1, 0.15) is 0 Å². The maximum atomic E-state index is 7.23. The van der Waals surface area contributed by atoms with Gasteiger partial charge in [-0.15, -0.1) is 0 Å². The summed E-state index contributed by atoms with van der Waals surface area (Å²) in [6, 6.07) is 10.1. The molecule has 64 valence electrons. The second-order valence-corrected chi connectivity index (χ2v) is 3.05. The van der Waals surface area contributed by atoms with Gasteiger partial charge in [0.15, 0.2) is 0 Å². The third-order valence-corrected chi connectivity index (χ3v) is 1.92. The van der Waals surface area contributed by atoms with Gasteiger partial charge in [0.25, 0.3) is 0 Å². The first kappa shape index (κ1) is 8.78. The second kappa shape index (κ2) is 3.90. The first-order valence-electron chi connectivity index (χ1n) is 4.08. The summed E-state index contributed by atoms with van der Waals surface area (Å²) in [6.07, 6.45) is 0.857. The molecule has 0 heterocycles. The summed E-state index contributed by atoms with van der Waals surface area (Å²) in [7, 11) is 0. The van der Waals surface area contributed by atoms with Gasteiger partial charge in [0, 0.05) is 5.92 Å². The molecule has 0 fully saturated rings. The van der Waals surface area contributed by atoms with Crippen LogP contribution in [0.15, 0.2) is 30.3 Å². The summed E-state index contributed by atoms with van der Waals surface area (Å²) < 4.78 is 0. The van der Waals surface area contributed by atoms with E-state index in [0.29, 0.717) is 0 Å². The van der Waals surface area contributed by atoms with Crippen molar-refractivity contribution in [1.82, 2.24) is 0 Å². The quantitative estimate of drug-likeness (QED) is 0.516. The highest BCUT2D eigenvalue weighted by molar-refractivity contribution is 5.79. The Labute approximate surface area is 72.9 Å². The Hall–Kier alpha value is -1.31. The molecule has 0 aromatic heterocycles. The van der Waals surface area contributed by atoms with E-state index in [2.05, 4.69) is 12.1 Å². The van der Waals surface area contributed by atoms with Gasteiger partial charge in [-0.2, -0.15) is 0 Å². The van der Waals surface area contributed by atoms with Crippen molar-refractivity contribution in [2.45, 2.75) is 13.3 Å². The number of hydrogen-bond donors (Lipinski definition) is 2. The van der Waals surface area contributed by atoms with Crippen LogP contribution in [0.3, 0.4) is 0 Å². The number of benzene rings is 1. The normalized spacial score (nSPS) is 12.4. The van der Waals surface area contributed by atoms with E-state index in [9.17, 15) is 0 Å². The molecule has 0 spiro atoms. The standard InChI is InChI=1S/C10H14N2/c1-8(10(11)12)7-9-5-3-2-4-6-9/h2-6,8H,7H2,1H3,(H3,11,12). The van der Waals surface area contributed by atoms with E-state index >= 15 is 0 Å². The zero-order valence-electron chi connectivity index (χ0n) is 7.25. The molecule has 0 saturated carbocycles. The average Bonchev–Trinajstić information content (AvgIpc) is 2.06. The molecule has 0 aliphatic carbocycles. The molecule has 1 atom stereocenters. The van der Waals surface area contributed by atoms with Crippen molar-refractivity contribution in [2.75, 3.05) is 0 Å². The number of rotatable bonds is 3. The monoisotopic (exact) mass is 162 g/mol. The molecule has 3 N–H and O–H groups in total. The Morgan fingerprint density at radius 1 is 1.42 bits per heavy atom. The van der Waals surface area contributed by atoms with Gasteiger partial charge >= 0.3 is 0 Å². The molecule has 0 amide bonds. The molecule has 0 radical (unpaired) electrons. The third-order valence-electron chi connectivity index (χ3n) is 1.92. The third kappa shape index (κ3) is 2.38. The van der Waals surface area contributed by atoms with Crippen LogP contribution in [0.25, 0.3) is 0 Å². The topological polar surface area (TPSA) is 49.9 Å². The molecule has 2 nitrogen and oxygen atoms in total. The van der Waals surface area contributed by atoms with Crippen molar-refractivity contribution in [2.24, 2.45) is 11.7 Å². The van der Waals surface area contributed by atoms with Crippen molar-refractivity contribution in [3.05, 3.63) is 35.9 Å². The van der Waals surface area contributed by atoms with Gasteiger partial charge in [-0.3, -0.25) is 5.41 Å². The minimum Gasteiger partial charge on any atom is -0.387 e. The zero-order valence-corrected chi connectivity index (χ0v) is 7.25. The predicted molar refractivity (Wildman–Crippen MR) is 51.2 cm³/mol. The molecule has 0 aliphatic rings. The highest BCUT2D eigenvalue weighted by Gasteiger charge is 2.04. The minimum atomic E-state index is 0.146. The van der Waals surface area contributed by atoms with Gasteiger partial charge in [-0.1, -0.05) is 37.3 Å². The fourth-order valence-electron chi connectivity index (χ4n) is 1.08. The summed E-state index contributed by atoms with van der Waals surface area (Å²) in [4.78, 5) is 0. The predicted octanol–water partition coefficient (Wildman–Crippen LogP) is 1.80. The van der Waals surface area contributed by atoms with Crippen LogP contribution in [0, 0.1) is 11.3 Å². The van der Waals surface area contributed by atoms with E-state index in [1.54, 1.807) is 0 Å².